The second-order valence-electron chi connectivity index (χ2n) is 9.80. The molecule has 3 aliphatic rings. The number of hydrogen-bond donors (Lipinski definition) is 0. The third-order valence-corrected chi connectivity index (χ3v) is 7.67. The summed E-state index contributed by atoms with van der Waals surface area (Å²) in [5.74, 6) is 0.802. The van der Waals surface area contributed by atoms with E-state index in [1.807, 2.05) is 40.7 Å². The number of benzene rings is 1. The number of rotatable bonds is 4. The minimum atomic E-state index is -0.110. The number of nitrogens with zero attached hydrogens (tertiary/aromatic N) is 3. The van der Waals surface area contributed by atoms with Gasteiger partial charge in [-0.25, -0.2) is 0 Å². The van der Waals surface area contributed by atoms with Crippen LogP contribution in [-0.2, 0) is 14.4 Å². The highest BCUT2D eigenvalue weighted by molar-refractivity contribution is 6.30. The van der Waals surface area contributed by atoms with E-state index in [1.165, 1.54) is 5.56 Å². The summed E-state index contributed by atoms with van der Waals surface area (Å²) < 4.78 is 0. The van der Waals surface area contributed by atoms with Gasteiger partial charge in [-0.15, -0.1) is 0 Å². The molecule has 0 aromatic heterocycles. The molecule has 0 spiro atoms. The fraction of sp³-hybridized carbons (Fsp3) is 0.640. The Morgan fingerprint density at radius 3 is 2.16 bits per heavy atom. The lowest BCUT2D eigenvalue weighted by Crippen LogP contribution is -2.51. The fourth-order valence-electron chi connectivity index (χ4n) is 5.40. The predicted molar refractivity (Wildman–Crippen MR) is 124 cm³/mol. The molecular formula is C25H34ClN3O3. The largest absolute Gasteiger partial charge is 0.342 e. The number of hydrogen-bond acceptors (Lipinski definition) is 3. The van der Waals surface area contributed by atoms with Crippen LogP contribution in [0.25, 0.3) is 0 Å². The van der Waals surface area contributed by atoms with E-state index in [9.17, 15) is 14.4 Å². The molecule has 2 atom stereocenters. The Labute approximate surface area is 195 Å². The van der Waals surface area contributed by atoms with E-state index in [4.69, 9.17) is 11.6 Å². The van der Waals surface area contributed by atoms with E-state index in [0.29, 0.717) is 38.4 Å². The van der Waals surface area contributed by atoms with Gasteiger partial charge in [0.25, 0.3) is 0 Å². The van der Waals surface area contributed by atoms with E-state index in [0.717, 1.165) is 37.4 Å². The Bertz CT molecular complexity index is 848. The van der Waals surface area contributed by atoms with Crippen molar-refractivity contribution in [1.29, 1.82) is 0 Å². The number of amides is 3. The highest BCUT2D eigenvalue weighted by atomic mass is 35.5. The Hall–Kier alpha value is -2.08. The van der Waals surface area contributed by atoms with E-state index >= 15 is 0 Å². The van der Waals surface area contributed by atoms with Crippen LogP contribution in [0.3, 0.4) is 0 Å². The normalized spacial score (nSPS) is 25.0. The molecule has 1 aromatic carbocycles. The highest BCUT2D eigenvalue weighted by Gasteiger charge is 2.37. The lowest BCUT2D eigenvalue weighted by atomic mass is 9.91. The van der Waals surface area contributed by atoms with Gasteiger partial charge in [0, 0.05) is 62.0 Å². The topological polar surface area (TPSA) is 60.9 Å². The Morgan fingerprint density at radius 1 is 0.875 bits per heavy atom. The molecule has 7 heteroatoms. The fourth-order valence-corrected chi connectivity index (χ4v) is 5.53. The zero-order valence-electron chi connectivity index (χ0n) is 19.1. The minimum Gasteiger partial charge on any atom is -0.342 e. The van der Waals surface area contributed by atoms with Crippen molar-refractivity contribution >= 4 is 29.3 Å². The second-order valence-corrected chi connectivity index (χ2v) is 10.2. The molecule has 0 radical (unpaired) electrons. The van der Waals surface area contributed by atoms with Crippen molar-refractivity contribution in [3.05, 3.63) is 34.9 Å². The molecule has 3 heterocycles. The van der Waals surface area contributed by atoms with Crippen LogP contribution in [0.4, 0.5) is 0 Å². The maximum absolute atomic E-state index is 13.1. The SMILES string of the molecule is CC(C)N1CC(C(=O)N2CCC(C(=O)N3CC[C@H](c4ccc(Cl)cc4)C3)CC2)CCC1=O. The summed E-state index contributed by atoms with van der Waals surface area (Å²) in [6.07, 6.45) is 3.53. The summed E-state index contributed by atoms with van der Waals surface area (Å²) >= 11 is 6.00. The van der Waals surface area contributed by atoms with Crippen LogP contribution in [-0.4, -0.2) is 71.2 Å². The van der Waals surface area contributed by atoms with Crippen LogP contribution in [0, 0.1) is 11.8 Å². The average Bonchev–Trinajstić information content (AvgIpc) is 3.29. The smallest absolute Gasteiger partial charge is 0.227 e. The second kappa shape index (κ2) is 9.82. The first-order chi connectivity index (χ1) is 15.3. The van der Waals surface area contributed by atoms with Crippen LogP contribution >= 0.6 is 11.6 Å². The maximum Gasteiger partial charge on any atom is 0.227 e. The first-order valence-electron chi connectivity index (χ1n) is 12.0. The predicted octanol–water partition coefficient (Wildman–Crippen LogP) is 3.54. The molecule has 0 N–H and O–H groups in total. The number of carbonyl (C=O) groups is 3. The van der Waals surface area contributed by atoms with Crippen molar-refractivity contribution in [2.24, 2.45) is 11.8 Å². The number of likely N-dealkylation sites (tertiary alicyclic amines) is 3. The molecular weight excluding hydrogens is 426 g/mol. The summed E-state index contributed by atoms with van der Waals surface area (Å²) in [6.45, 7) is 7.35. The van der Waals surface area contributed by atoms with Gasteiger partial charge in [0.05, 0.1) is 5.92 Å². The van der Waals surface area contributed by atoms with Gasteiger partial charge in [-0.2, -0.15) is 0 Å². The standard InChI is InChI=1S/C25H34ClN3O3/c1-17(2)29-16-21(5-8-23(29)30)25(32)27-12-9-19(10-13-27)24(31)28-14-11-20(15-28)18-3-6-22(26)7-4-18/h3-4,6-7,17,19-21H,5,8-16H2,1-2H3/t20-,21?/m0/s1. The monoisotopic (exact) mass is 459 g/mol. The molecule has 174 valence electrons. The maximum atomic E-state index is 13.1. The van der Waals surface area contributed by atoms with Crippen LogP contribution in [0.2, 0.25) is 5.02 Å². The van der Waals surface area contributed by atoms with Gasteiger partial charge < -0.3 is 14.7 Å². The molecule has 1 unspecified atom stereocenters. The number of carbonyl (C=O) groups excluding carboxylic acids is 3. The van der Waals surface area contributed by atoms with Crippen molar-refractivity contribution in [3.63, 3.8) is 0 Å². The molecule has 3 fully saturated rings. The van der Waals surface area contributed by atoms with Crippen LogP contribution in [0.1, 0.15) is 57.4 Å². The van der Waals surface area contributed by atoms with Crippen molar-refractivity contribution in [3.8, 4) is 0 Å². The lowest BCUT2D eigenvalue weighted by Gasteiger charge is -2.39. The van der Waals surface area contributed by atoms with Crippen LogP contribution in [0.15, 0.2) is 24.3 Å². The van der Waals surface area contributed by atoms with E-state index < -0.39 is 0 Å². The van der Waals surface area contributed by atoms with Gasteiger partial charge >= 0.3 is 0 Å². The molecule has 3 amide bonds. The van der Waals surface area contributed by atoms with Gasteiger partial charge in [0.15, 0.2) is 0 Å². The van der Waals surface area contributed by atoms with Gasteiger partial charge in [-0.05, 0) is 57.2 Å². The Morgan fingerprint density at radius 2 is 1.50 bits per heavy atom. The first kappa shape index (κ1) is 23.1. The average molecular weight is 460 g/mol. The van der Waals surface area contributed by atoms with Crippen molar-refractivity contribution < 1.29 is 14.4 Å². The Balaban J connectivity index is 1.27. The molecule has 1 aromatic rings. The molecule has 0 bridgehead atoms. The van der Waals surface area contributed by atoms with Crippen molar-refractivity contribution in [2.75, 3.05) is 32.7 Å². The minimum absolute atomic E-state index is 0.00288. The van der Waals surface area contributed by atoms with Gasteiger partial charge in [-0.1, -0.05) is 23.7 Å². The quantitative estimate of drug-likeness (QED) is 0.691. The summed E-state index contributed by atoms with van der Waals surface area (Å²) in [5, 5.41) is 0.734. The third kappa shape index (κ3) is 4.95. The van der Waals surface area contributed by atoms with Gasteiger partial charge in [0.1, 0.15) is 0 Å². The van der Waals surface area contributed by atoms with E-state index in [2.05, 4.69) is 12.1 Å². The molecule has 4 rings (SSSR count). The van der Waals surface area contributed by atoms with Crippen molar-refractivity contribution in [2.45, 2.75) is 57.9 Å². The molecule has 0 aliphatic carbocycles. The van der Waals surface area contributed by atoms with E-state index in [1.54, 1.807) is 0 Å². The first-order valence-corrected chi connectivity index (χ1v) is 12.3. The molecule has 3 aliphatic heterocycles. The summed E-state index contributed by atoms with van der Waals surface area (Å²) in [7, 11) is 0. The summed E-state index contributed by atoms with van der Waals surface area (Å²) in [4.78, 5) is 44.0. The number of piperidine rings is 2. The lowest BCUT2D eigenvalue weighted by molar-refractivity contribution is -0.147. The molecule has 6 nitrogen and oxygen atoms in total. The summed E-state index contributed by atoms with van der Waals surface area (Å²) in [5.41, 5.74) is 1.24. The molecule has 32 heavy (non-hydrogen) atoms. The zero-order chi connectivity index (χ0) is 22.8. The number of halogens is 1. The van der Waals surface area contributed by atoms with Crippen LogP contribution in [0.5, 0.6) is 0 Å². The Kier molecular flexibility index (Phi) is 7.08. The van der Waals surface area contributed by atoms with Gasteiger partial charge in [-0.3, -0.25) is 14.4 Å². The van der Waals surface area contributed by atoms with Crippen LogP contribution < -0.4 is 0 Å². The van der Waals surface area contributed by atoms with E-state index in [-0.39, 0.29) is 35.6 Å². The highest BCUT2D eigenvalue weighted by Crippen LogP contribution is 2.31. The zero-order valence-corrected chi connectivity index (χ0v) is 19.9. The third-order valence-electron chi connectivity index (χ3n) is 7.41. The van der Waals surface area contributed by atoms with Crippen molar-refractivity contribution in [1.82, 2.24) is 14.7 Å². The summed E-state index contributed by atoms with van der Waals surface area (Å²) in [6, 6.07) is 8.07. The molecule has 3 saturated heterocycles. The molecule has 0 saturated carbocycles. The van der Waals surface area contributed by atoms with Gasteiger partial charge in [0.2, 0.25) is 17.7 Å².